The van der Waals surface area contributed by atoms with Gasteiger partial charge in [0.05, 0.1) is 17.7 Å². The molecular formula is C23H23N3O3. The predicted octanol–water partition coefficient (Wildman–Crippen LogP) is 4.60. The van der Waals surface area contributed by atoms with Gasteiger partial charge in [-0.2, -0.15) is 0 Å². The summed E-state index contributed by atoms with van der Waals surface area (Å²) in [4.78, 5) is 29.2. The van der Waals surface area contributed by atoms with Crippen molar-refractivity contribution in [3.05, 3.63) is 83.2 Å². The first-order chi connectivity index (χ1) is 14.0. The van der Waals surface area contributed by atoms with Crippen LogP contribution in [0.25, 0.3) is 0 Å². The third kappa shape index (κ3) is 5.19. The molecular weight excluding hydrogens is 366 g/mol. The largest absolute Gasteiger partial charge is 0.494 e. The Kier molecular flexibility index (Phi) is 6.24. The highest BCUT2D eigenvalue weighted by atomic mass is 16.5. The molecule has 0 spiro atoms. The highest BCUT2D eigenvalue weighted by Gasteiger charge is 2.13. The number of aryl methyl sites for hydroxylation is 2. The molecule has 0 saturated heterocycles. The molecule has 29 heavy (non-hydrogen) atoms. The Hall–Kier alpha value is -3.67. The van der Waals surface area contributed by atoms with Gasteiger partial charge in [-0.15, -0.1) is 0 Å². The van der Waals surface area contributed by atoms with Gasteiger partial charge in [0.25, 0.3) is 11.8 Å². The van der Waals surface area contributed by atoms with E-state index in [0.29, 0.717) is 23.4 Å². The lowest BCUT2D eigenvalue weighted by Gasteiger charge is -2.10. The predicted molar refractivity (Wildman–Crippen MR) is 114 cm³/mol. The maximum atomic E-state index is 12.6. The van der Waals surface area contributed by atoms with E-state index in [1.54, 1.807) is 24.3 Å². The highest BCUT2D eigenvalue weighted by molar-refractivity contribution is 6.08. The molecule has 1 aromatic heterocycles. The van der Waals surface area contributed by atoms with Crippen LogP contribution < -0.4 is 15.4 Å². The lowest BCUT2D eigenvalue weighted by Crippen LogP contribution is -2.16. The van der Waals surface area contributed by atoms with E-state index < -0.39 is 0 Å². The summed E-state index contributed by atoms with van der Waals surface area (Å²) in [5.74, 6) is 0.0715. The lowest BCUT2D eigenvalue weighted by molar-refractivity contribution is 0.102. The quantitative estimate of drug-likeness (QED) is 0.646. The Bertz CT molecular complexity index is 1030. The first kappa shape index (κ1) is 20.1. The van der Waals surface area contributed by atoms with Crippen LogP contribution in [0.2, 0.25) is 0 Å². The monoisotopic (exact) mass is 389 g/mol. The van der Waals surface area contributed by atoms with E-state index in [-0.39, 0.29) is 11.8 Å². The van der Waals surface area contributed by atoms with Crippen molar-refractivity contribution in [3.63, 3.8) is 0 Å². The Morgan fingerprint density at radius 3 is 2.21 bits per heavy atom. The van der Waals surface area contributed by atoms with Crippen molar-refractivity contribution in [2.45, 2.75) is 20.8 Å². The van der Waals surface area contributed by atoms with E-state index in [2.05, 4.69) is 15.6 Å². The molecule has 0 bridgehead atoms. The molecule has 2 N–H and O–H groups in total. The van der Waals surface area contributed by atoms with Gasteiger partial charge in [-0.05, 0) is 68.3 Å². The van der Waals surface area contributed by atoms with Gasteiger partial charge in [-0.25, -0.2) is 0 Å². The summed E-state index contributed by atoms with van der Waals surface area (Å²) >= 11 is 0. The second kappa shape index (κ2) is 9.01. The number of amides is 2. The summed E-state index contributed by atoms with van der Waals surface area (Å²) in [7, 11) is 0. The molecule has 0 atom stereocenters. The average molecular weight is 389 g/mol. The third-order valence-corrected chi connectivity index (χ3v) is 4.33. The SMILES string of the molecule is CCOc1ccc(NC(=O)c2cncc(C(=O)Nc3cc(C)ccc3C)c2)cc1. The molecule has 0 aliphatic heterocycles. The molecule has 2 amide bonds. The van der Waals surface area contributed by atoms with Crippen molar-refractivity contribution in [3.8, 4) is 5.75 Å². The maximum Gasteiger partial charge on any atom is 0.257 e. The fourth-order valence-corrected chi connectivity index (χ4v) is 2.76. The Morgan fingerprint density at radius 2 is 1.55 bits per heavy atom. The minimum Gasteiger partial charge on any atom is -0.494 e. The van der Waals surface area contributed by atoms with Crippen LogP contribution in [0, 0.1) is 13.8 Å². The van der Waals surface area contributed by atoms with E-state index in [1.165, 1.54) is 18.5 Å². The molecule has 1 heterocycles. The molecule has 0 unspecified atom stereocenters. The highest BCUT2D eigenvalue weighted by Crippen LogP contribution is 2.19. The minimum absolute atomic E-state index is 0.299. The van der Waals surface area contributed by atoms with Crippen molar-refractivity contribution in [1.29, 1.82) is 0 Å². The number of ether oxygens (including phenoxy) is 1. The molecule has 0 radical (unpaired) electrons. The van der Waals surface area contributed by atoms with E-state index in [4.69, 9.17) is 4.74 Å². The van der Waals surface area contributed by atoms with Gasteiger partial charge < -0.3 is 15.4 Å². The summed E-state index contributed by atoms with van der Waals surface area (Å²) in [6.45, 7) is 6.37. The zero-order chi connectivity index (χ0) is 20.8. The number of pyridine rings is 1. The van der Waals surface area contributed by atoms with Gasteiger partial charge in [0.15, 0.2) is 0 Å². The summed E-state index contributed by atoms with van der Waals surface area (Å²) < 4.78 is 5.39. The topological polar surface area (TPSA) is 80.3 Å². The van der Waals surface area contributed by atoms with Crippen LogP contribution >= 0.6 is 0 Å². The summed E-state index contributed by atoms with van der Waals surface area (Å²) in [5.41, 5.74) is 3.98. The van der Waals surface area contributed by atoms with E-state index in [9.17, 15) is 9.59 Å². The number of nitrogens with zero attached hydrogens (tertiary/aromatic N) is 1. The van der Waals surface area contributed by atoms with Crippen molar-refractivity contribution in [2.75, 3.05) is 17.2 Å². The van der Waals surface area contributed by atoms with Crippen LogP contribution in [-0.2, 0) is 0 Å². The number of carbonyl (C=O) groups excluding carboxylic acids is 2. The van der Waals surface area contributed by atoms with Gasteiger partial charge in [0.2, 0.25) is 0 Å². The zero-order valence-electron chi connectivity index (χ0n) is 16.7. The number of rotatable bonds is 6. The maximum absolute atomic E-state index is 12.6. The Labute approximate surface area is 169 Å². The first-order valence-corrected chi connectivity index (χ1v) is 9.34. The van der Waals surface area contributed by atoms with Crippen LogP contribution in [0.15, 0.2) is 60.9 Å². The first-order valence-electron chi connectivity index (χ1n) is 9.34. The van der Waals surface area contributed by atoms with Crippen LogP contribution in [0.1, 0.15) is 38.8 Å². The molecule has 0 aliphatic carbocycles. The second-order valence-electron chi connectivity index (χ2n) is 6.65. The van der Waals surface area contributed by atoms with Gasteiger partial charge in [0.1, 0.15) is 5.75 Å². The molecule has 3 aromatic rings. The average Bonchev–Trinajstić information content (AvgIpc) is 2.72. The van der Waals surface area contributed by atoms with Crippen molar-refractivity contribution >= 4 is 23.2 Å². The van der Waals surface area contributed by atoms with Crippen LogP contribution in [0.5, 0.6) is 5.75 Å². The summed E-state index contributed by atoms with van der Waals surface area (Å²) in [6.07, 6.45) is 2.87. The van der Waals surface area contributed by atoms with Crippen LogP contribution in [-0.4, -0.2) is 23.4 Å². The van der Waals surface area contributed by atoms with E-state index in [0.717, 1.165) is 22.6 Å². The van der Waals surface area contributed by atoms with Crippen molar-refractivity contribution in [1.82, 2.24) is 4.98 Å². The fourth-order valence-electron chi connectivity index (χ4n) is 2.76. The second-order valence-corrected chi connectivity index (χ2v) is 6.65. The zero-order valence-corrected chi connectivity index (χ0v) is 16.7. The van der Waals surface area contributed by atoms with Gasteiger partial charge in [-0.1, -0.05) is 12.1 Å². The summed E-state index contributed by atoms with van der Waals surface area (Å²) in [5, 5.41) is 5.67. The number of carbonyl (C=O) groups is 2. The molecule has 6 nitrogen and oxygen atoms in total. The molecule has 0 fully saturated rings. The number of hydrogen-bond acceptors (Lipinski definition) is 4. The Morgan fingerprint density at radius 1 is 0.897 bits per heavy atom. The number of hydrogen-bond donors (Lipinski definition) is 2. The number of benzene rings is 2. The van der Waals surface area contributed by atoms with Gasteiger partial charge in [-0.3, -0.25) is 14.6 Å². The van der Waals surface area contributed by atoms with Crippen molar-refractivity contribution < 1.29 is 14.3 Å². The van der Waals surface area contributed by atoms with Crippen molar-refractivity contribution in [2.24, 2.45) is 0 Å². The summed E-state index contributed by atoms with van der Waals surface area (Å²) in [6, 6.07) is 14.4. The van der Waals surface area contributed by atoms with E-state index >= 15 is 0 Å². The molecule has 2 aromatic carbocycles. The fraction of sp³-hybridized carbons (Fsp3) is 0.174. The van der Waals surface area contributed by atoms with Gasteiger partial charge in [0, 0.05) is 23.8 Å². The molecule has 6 heteroatoms. The van der Waals surface area contributed by atoms with E-state index in [1.807, 2.05) is 39.0 Å². The molecule has 3 rings (SSSR count). The van der Waals surface area contributed by atoms with Crippen LogP contribution in [0.3, 0.4) is 0 Å². The van der Waals surface area contributed by atoms with Gasteiger partial charge >= 0.3 is 0 Å². The number of aromatic nitrogens is 1. The third-order valence-electron chi connectivity index (χ3n) is 4.33. The smallest absolute Gasteiger partial charge is 0.257 e. The normalized spacial score (nSPS) is 10.3. The molecule has 148 valence electrons. The van der Waals surface area contributed by atoms with Crippen LogP contribution in [0.4, 0.5) is 11.4 Å². The minimum atomic E-state index is -0.344. The Balaban J connectivity index is 1.71. The standard InChI is InChI=1S/C23H23N3O3/c1-4-29-20-9-7-19(8-10-20)25-22(27)17-12-18(14-24-13-17)23(28)26-21-11-15(2)5-6-16(21)3/h5-14H,4H2,1-3H3,(H,25,27)(H,26,28). The number of nitrogens with one attached hydrogen (secondary N) is 2. The molecule has 0 saturated carbocycles. The molecule has 0 aliphatic rings. The lowest BCUT2D eigenvalue weighted by atomic mass is 10.1. The number of anilines is 2.